The van der Waals surface area contributed by atoms with E-state index in [2.05, 4.69) is 25.6 Å². The van der Waals surface area contributed by atoms with Gasteiger partial charge in [-0.1, -0.05) is 6.42 Å². The van der Waals surface area contributed by atoms with E-state index in [-0.39, 0.29) is 24.0 Å². The maximum absolute atomic E-state index is 5.27. The molecule has 0 saturated heterocycles. The minimum Gasteiger partial charge on any atom is -0.385 e. The first-order valence-electron chi connectivity index (χ1n) is 9.11. The third-order valence-electron chi connectivity index (χ3n) is 5.14. The first kappa shape index (κ1) is 21.6. The highest BCUT2D eigenvalue weighted by atomic mass is 127. The number of hydrogen-bond donors (Lipinski definition) is 2. The second-order valence-electron chi connectivity index (χ2n) is 6.87. The Morgan fingerprint density at radius 3 is 2.81 bits per heavy atom. The summed E-state index contributed by atoms with van der Waals surface area (Å²) in [4.78, 5) is 12.8. The van der Waals surface area contributed by atoms with Gasteiger partial charge in [-0.15, -0.1) is 24.0 Å². The van der Waals surface area contributed by atoms with Crippen LogP contribution in [0.4, 0.5) is 0 Å². The number of aromatic nitrogens is 3. The molecule has 0 radical (unpaired) electrons. The van der Waals surface area contributed by atoms with E-state index in [9.17, 15) is 0 Å². The van der Waals surface area contributed by atoms with Gasteiger partial charge in [0, 0.05) is 52.4 Å². The molecule has 0 aliphatic heterocycles. The Balaban J connectivity index is 0.00000261. The van der Waals surface area contributed by atoms with Crippen LogP contribution in [-0.4, -0.2) is 47.8 Å². The molecule has 1 aliphatic carbocycles. The van der Waals surface area contributed by atoms with Crippen molar-refractivity contribution in [2.75, 3.05) is 27.3 Å². The number of guanidine groups is 1. The summed E-state index contributed by atoms with van der Waals surface area (Å²) >= 11 is 0. The van der Waals surface area contributed by atoms with E-state index in [4.69, 9.17) is 4.74 Å². The number of aliphatic imine (C=N–C) groups is 1. The zero-order chi connectivity index (χ0) is 18.2. The van der Waals surface area contributed by atoms with Crippen molar-refractivity contribution in [3.8, 4) is 5.82 Å². The van der Waals surface area contributed by atoms with Crippen molar-refractivity contribution >= 4 is 29.9 Å². The van der Waals surface area contributed by atoms with Crippen LogP contribution in [0.25, 0.3) is 5.82 Å². The number of nitrogens with zero attached hydrogens (tertiary/aromatic N) is 4. The zero-order valence-corrected chi connectivity index (χ0v) is 18.3. The molecule has 2 aromatic heterocycles. The van der Waals surface area contributed by atoms with E-state index in [1.54, 1.807) is 26.7 Å². The van der Waals surface area contributed by atoms with Crippen LogP contribution in [0.3, 0.4) is 0 Å². The van der Waals surface area contributed by atoms with Gasteiger partial charge < -0.3 is 15.4 Å². The van der Waals surface area contributed by atoms with Crippen molar-refractivity contribution in [3.05, 3.63) is 42.6 Å². The number of imidazole rings is 1. The molecule has 1 saturated carbocycles. The van der Waals surface area contributed by atoms with E-state index in [1.165, 1.54) is 19.3 Å². The van der Waals surface area contributed by atoms with Gasteiger partial charge in [-0.25, -0.2) is 9.97 Å². The molecule has 3 rings (SSSR count). The fourth-order valence-corrected chi connectivity index (χ4v) is 3.29. The Morgan fingerprint density at radius 2 is 2.19 bits per heavy atom. The molecular formula is C19H29IN6O. The fourth-order valence-electron chi connectivity index (χ4n) is 3.29. The molecule has 1 aliphatic rings. The van der Waals surface area contributed by atoms with E-state index in [0.29, 0.717) is 12.0 Å². The molecule has 27 heavy (non-hydrogen) atoms. The number of nitrogens with one attached hydrogen (secondary N) is 2. The van der Waals surface area contributed by atoms with Gasteiger partial charge in [0.1, 0.15) is 12.1 Å². The van der Waals surface area contributed by atoms with E-state index in [1.807, 2.05) is 29.1 Å². The largest absolute Gasteiger partial charge is 0.385 e. The van der Waals surface area contributed by atoms with Crippen LogP contribution in [0, 0.1) is 5.41 Å². The molecule has 148 valence electrons. The second-order valence-corrected chi connectivity index (χ2v) is 6.87. The van der Waals surface area contributed by atoms with Crippen LogP contribution in [0.15, 0.2) is 42.0 Å². The van der Waals surface area contributed by atoms with Gasteiger partial charge in [0.15, 0.2) is 5.96 Å². The van der Waals surface area contributed by atoms with Gasteiger partial charge in [-0.3, -0.25) is 9.56 Å². The number of pyridine rings is 1. The average Bonchev–Trinajstić information content (AvgIpc) is 3.18. The number of rotatable bonds is 8. The number of ether oxygens (including phenoxy) is 1. The van der Waals surface area contributed by atoms with Crippen molar-refractivity contribution < 1.29 is 4.74 Å². The molecule has 7 nitrogen and oxygen atoms in total. The molecule has 0 aromatic carbocycles. The fraction of sp³-hybridized carbons (Fsp3) is 0.526. The minimum atomic E-state index is 0. The van der Waals surface area contributed by atoms with Gasteiger partial charge in [0.05, 0.1) is 0 Å². The van der Waals surface area contributed by atoms with Crippen LogP contribution in [0.5, 0.6) is 0 Å². The van der Waals surface area contributed by atoms with Gasteiger partial charge in [0.2, 0.25) is 0 Å². The molecule has 2 heterocycles. The van der Waals surface area contributed by atoms with Crippen molar-refractivity contribution in [1.82, 2.24) is 25.2 Å². The first-order chi connectivity index (χ1) is 12.7. The van der Waals surface area contributed by atoms with Crippen molar-refractivity contribution in [2.45, 2.75) is 32.2 Å². The summed E-state index contributed by atoms with van der Waals surface area (Å²) in [5.74, 6) is 1.69. The van der Waals surface area contributed by atoms with Crippen LogP contribution < -0.4 is 10.6 Å². The summed E-state index contributed by atoms with van der Waals surface area (Å²) in [6.45, 7) is 2.45. The lowest BCUT2D eigenvalue weighted by Gasteiger charge is -2.42. The maximum atomic E-state index is 5.27. The first-order valence-corrected chi connectivity index (χ1v) is 9.11. The Labute approximate surface area is 178 Å². The molecule has 0 bridgehead atoms. The molecule has 0 unspecified atom stereocenters. The Bertz CT molecular complexity index is 715. The molecule has 1 fully saturated rings. The smallest absolute Gasteiger partial charge is 0.191 e. The minimum absolute atomic E-state index is 0. The van der Waals surface area contributed by atoms with Crippen LogP contribution >= 0.6 is 24.0 Å². The molecule has 2 N–H and O–H groups in total. The quantitative estimate of drug-likeness (QED) is 0.343. The number of methoxy groups -OCH3 is 1. The summed E-state index contributed by atoms with van der Waals surface area (Å²) in [5.41, 5.74) is 1.50. The Morgan fingerprint density at radius 1 is 1.33 bits per heavy atom. The highest BCUT2D eigenvalue weighted by Crippen LogP contribution is 2.43. The molecule has 8 heteroatoms. The molecule has 0 spiro atoms. The highest BCUT2D eigenvalue weighted by molar-refractivity contribution is 14.0. The lowest BCUT2D eigenvalue weighted by molar-refractivity contribution is 0.0732. The predicted molar refractivity (Wildman–Crippen MR) is 118 cm³/mol. The molecular weight excluding hydrogens is 455 g/mol. The monoisotopic (exact) mass is 484 g/mol. The lowest BCUT2D eigenvalue weighted by atomic mass is 9.67. The highest BCUT2D eigenvalue weighted by Gasteiger charge is 2.36. The van der Waals surface area contributed by atoms with Crippen molar-refractivity contribution in [1.29, 1.82) is 0 Å². The zero-order valence-electron chi connectivity index (χ0n) is 16.0. The van der Waals surface area contributed by atoms with Crippen LogP contribution in [0.2, 0.25) is 0 Å². The second kappa shape index (κ2) is 10.6. The maximum Gasteiger partial charge on any atom is 0.191 e. The summed E-state index contributed by atoms with van der Waals surface area (Å²) in [6, 6.07) is 4.06. The summed E-state index contributed by atoms with van der Waals surface area (Å²) < 4.78 is 7.16. The third-order valence-corrected chi connectivity index (χ3v) is 5.14. The Kier molecular flexibility index (Phi) is 8.49. The molecule has 2 aromatic rings. The van der Waals surface area contributed by atoms with E-state index in [0.717, 1.165) is 36.9 Å². The molecule has 0 atom stereocenters. The van der Waals surface area contributed by atoms with Crippen molar-refractivity contribution in [3.63, 3.8) is 0 Å². The predicted octanol–water partition coefficient (Wildman–Crippen LogP) is 2.76. The van der Waals surface area contributed by atoms with E-state index >= 15 is 0 Å². The normalized spacial score (nSPS) is 15.6. The summed E-state index contributed by atoms with van der Waals surface area (Å²) in [6.07, 6.45) is 12.1. The van der Waals surface area contributed by atoms with Crippen molar-refractivity contribution in [2.24, 2.45) is 10.4 Å². The standard InChI is InChI=1S/C19H28N6O.HI/c1-20-18(24-14-19(5-3-6-19)7-11-26-2)23-13-16-4-8-22-17(12-16)25-10-9-21-15-25;/h4,8-10,12,15H,3,5-7,11,13-14H2,1-2H3,(H2,20,23,24);1H. The molecule has 0 amide bonds. The van der Waals surface area contributed by atoms with Gasteiger partial charge in [-0.2, -0.15) is 0 Å². The van der Waals surface area contributed by atoms with Crippen LogP contribution in [-0.2, 0) is 11.3 Å². The average molecular weight is 484 g/mol. The summed E-state index contributed by atoms with van der Waals surface area (Å²) in [7, 11) is 3.58. The number of hydrogen-bond acceptors (Lipinski definition) is 4. The Hall–Kier alpha value is -1.68. The van der Waals surface area contributed by atoms with Gasteiger partial charge in [0.25, 0.3) is 0 Å². The number of halogens is 1. The summed E-state index contributed by atoms with van der Waals surface area (Å²) in [5, 5.41) is 6.88. The SMILES string of the molecule is CN=C(NCc1ccnc(-n2ccnc2)c1)NCC1(CCOC)CCC1.I. The third kappa shape index (κ3) is 5.90. The lowest BCUT2D eigenvalue weighted by Crippen LogP contribution is -2.46. The van der Waals surface area contributed by atoms with E-state index < -0.39 is 0 Å². The topological polar surface area (TPSA) is 76.4 Å². The van der Waals surface area contributed by atoms with Gasteiger partial charge in [-0.05, 0) is 42.4 Å². The van der Waals surface area contributed by atoms with Crippen LogP contribution in [0.1, 0.15) is 31.2 Å². The van der Waals surface area contributed by atoms with Gasteiger partial charge >= 0.3 is 0 Å².